The number of Topliss-reactive ketones (excluding diaryl/α,β-unsaturated/α-hetero) is 1. The van der Waals surface area contributed by atoms with E-state index in [2.05, 4.69) is 11.1 Å². The van der Waals surface area contributed by atoms with Gasteiger partial charge in [0.1, 0.15) is 5.78 Å². The van der Waals surface area contributed by atoms with Crippen LogP contribution in [0.5, 0.6) is 0 Å². The molecule has 1 heterocycles. The van der Waals surface area contributed by atoms with Crippen molar-refractivity contribution in [3.05, 3.63) is 5.73 Å². The largest absolute Gasteiger partial charge is 0.668 e. The quantitative estimate of drug-likeness (QED) is 0.251. The predicted octanol–water partition coefficient (Wildman–Crippen LogP) is 1.54. The molecule has 10 heteroatoms. The molecule has 1 saturated heterocycles. The molecular weight excluding hydrogens is 489 g/mol. The number of imide groups is 1. The number of rotatable bonds is 10. The fraction of sp³-hybridized carbons (Fsp3) is 0.773. The molecule has 9 nitrogen and oxygen atoms in total. The fourth-order valence-corrected chi connectivity index (χ4v) is 3.94. The fourth-order valence-electron chi connectivity index (χ4n) is 3.94. The van der Waals surface area contributed by atoms with Crippen LogP contribution in [0.1, 0.15) is 65.2 Å². The topological polar surface area (TPSA) is 150 Å². The number of nitrogens with one attached hydrogen (secondary N) is 2. The first-order valence-corrected chi connectivity index (χ1v) is 11.1. The van der Waals surface area contributed by atoms with Gasteiger partial charge in [0.05, 0.1) is 0 Å². The minimum absolute atomic E-state index is 0. The van der Waals surface area contributed by atoms with Crippen LogP contribution >= 0.6 is 0 Å². The number of ketones is 1. The van der Waals surface area contributed by atoms with Crippen LogP contribution in [0.3, 0.4) is 0 Å². The van der Waals surface area contributed by atoms with Crippen LogP contribution in [-0.4, -0.2) is 60.4 Å². The van der Waals surface area contributed by atoms with Crippen LogP contribution in [0.25, 0.3) is 5.73 Å². The Hall–Kier alpha value is -1.03. The van der Waals surface area contributed by atoms with E-state index in [4.69, 9.17) is 10.5 Å². The molecule has 0 bridgehead atoms. The Morgan fingerprint density at radius 2 is 1.81 bits per heavy atom. The molecule has 0 aromatic heterocycles. The van der Waals surface area contributed by atoms with E-state index in [0.29, 0.717) is 31.8 Å². The van der Waals surface area contributed by atoms with Gasteiger partial charge in [-0.2, -0.15) is 0 Å². The molecule has 1 radical (unpaired) electrons. The van der Waals surface area contributed by atoms with Crippen molar-refractivity contribution in [1.29, 1.82) is 0 Å². The van der Waals surface area contributed by atoms with Crippen molar-refractivity contribution in [2.75, 3.05) is 19.6 Å². The molecule has 0 aromatic rings. The standard InChI is InChI=1S/C20H32N3O4.C2H4NO.Y/c1-13-11-18(25)23(20(13)27)12-15-6-8-16(9-7-15)19(26)22-10-4-3-5-17(21)14(2)24;3-1-2-4;/h13,15-17,21H,3-12H2,1-2H3,(H,22,26);1,3H2;/q2*-1;. The SMILES string of the molecule is CC(=O)C([NH-])CCCCNC(=O)C1CCC(CN2C(=O)CC(C)C2=O)CC1.NC[C-]=O.[Y]. The second kappa shape index (κ2) is 16.6. The van der Waals surface area contributed by atoms with E-state index in [1.807, 2.05) is 0 Å². The summed E-state index contributed by atoms with van der Waals surface area (Å²) in [6.07, 6.45) is 7.18. The summed E-state index contributed by atoms with van der Waals surface area (Å²) in [5.74, 6) is -0.0434. The zero-order valence-electron chi connectivity index (χ0n) is 19.2. The molecular formula is C22H36N4O5Y-2. The maximum atomic E-state index is 12.3. The number of nitrogens with zero attached hydrogens (tertiary/aromatic N) is 1. The monoisotopic (exact) mass is 525 g/mol. The van der Waals surface area contributed by atoms with Gasteiger partial charge in [-0.1, -0.05) is 25.8 Å². The van der Waals surface area contributed by atoms with Gasteiger partial charge in [-0.15, -0.1) is 6.54 Å². The van der Waals surface area contributed by atoms with Gasteiger partial charge in [0.25, 0.3) is 0 Å². The number of carbonyl (C=O) groups excluding carboxylic acids is 5. The van der Waals surface area contributed by atoms with Gasteiger partial charge >= 0.3 is 0 Å². The summed E-state index contributed by atoms with van der Waals surface area (Å²) in [5, 5.41) is 2.96. The predicted molar refractivity (Wildman–Crippen MR) is 116 cm³/mol. The molecule has 179 valence electrons. The number of carbonyl (C=O) groups is 4. The van der Waals surface area contributed by atoms with E-state index < -0.39 is 6.04 Å². The van der Waals surface area contributed by atoms with Gasteiger partial charge in [0.2, 0.25) is 17.7 Å². The minimum atomic E-state index is -0.645. The maximum Gasteiger partial charge on any atom is 0.232 e. The third kappa shape index (κ3) is 10.7. The molecule has 2 fully saturated rings. The van der Waals surface area contributed by atoms with Crippen molar-refractivity contribution >= 4 is 29.8 Å². The Kier molecular flexibility index (Phi) is 16.0. The Balaban J connectivity index is 0.00000177. The molecule has 2 atom stereocenters. The average molecular weight is 525 g/mol. The average Bonchev–Trinajstić information content (AvgIpc) is 2.99. The molecule has 32 heavy (non-hydrogen) atoms. The molecule has 2 aliphatic rings. The Morgan fingerprint density at radius 3 is 2.28 bits per heavy atom. The summed E-state index contributed by atoms with van der Waals surface area (Å²) in [6.45, 7) is 4.33. The van der Waals surface area contributed by atoms with E-state index in [-0.39, 0.29) is 74.6 Å². The number of hydrogen-bond acceptors (Lipinski definition) is 6. The van der Waals surface area contributed by atoms with Gasteiger partial charge in [-0.05, 0) is 44.9 Å². The van der Waals surface area contributed by atoms with Crippen molar-refractivity contribution in [1.82, 2.24) is 10.2 Å². The van der Waals surface area contributed by atoms with Gasteiger partial charge in [-0.25, -0.2) is 0 Å². The van der Waals surface area contributed by atoms with Crippen LogP contribution < -0.4 is 11.1 Å². The molecule has 1 aliphatic carbocycles. The summed E-state index contributed by atoms with van der Waals surface area (Å²) in [4.78, 5) is 57.6. The van der Waals surface area contributed by atoms with Gasteiger partial charge in [0, 0.05) is 64.1 Å². The second-order valence-corrected chi connectivity index (χ2v) is 8.46. The minimum Gasteiger partial charge on any atom is -0.668 e. The third-order valence-electron chi connectivity index (χ3n) is 5.92. The summed E-state index contributed by atoms with van der Waals surface area (Å²) in [6, 6.07) is -0.645. The van der Waals surface area contributed by atoms with E-state index in [1.54, 1.807) is 6.92 Å². The number of amides is 3. The van der Waals surface area contributed by atoms with Crippen LogP contribution in [0, 0.1) is 17.8 Å². The van der Waals surface area contributed by atoms with Crippen molar-refractivity contribution < 1.29 is 56.7 Å². The first kappa shape index (κ1) is 31.0. The van der Waals surface area contributed by atoms with E-state index >= 15 is 0 Å². The summed E-state index contributed by atoms with van der Waals surface area (Å²) >= 11 is 0. The summed E-state index contributed by atoms with van der Waals surface area (Å²) in [7, 11) is 0. The van der Waals surface area contributed by atoms with E-state index in [9.17, 15) is 19.2 Å². The van der Waals surface area contributed by atoms with Crippen LogP contribution in [0.15, 0.2) is 0 Å². The van der Waals surface area contributed by atoms with Crippen molar-refractivity contribution in [3.8, 4) is 0 Å². The van der Waals surface area contributed by atoms with Gasteiger partial charge < -0.3 is 26.4 Å². The normalized spacial score (nSPS) is 23.5. The van der Waals surface area contributed by atoms with E-state index in [0.717, 1.165) is 38.5 Å². The van der Waals surface area contributed by atoms with E-state index in [1.165, 1.54) is 18.1 Å². The number of likely N-dealkylation sites (tertiary alicyclic amines) is 1. The molecule has 2 unspecified atom stereocenters. The Morgan fingerprint density at radius 1 is 1.22 bits per heavy atom. The maximum absolute atomic E-state index is 12.3. The molecule has 4 N–H and O–H groups in total. The molecule has 2 rings (SSSR count). The Bertz CT molecular complexity index is 638. The number of nitrogens with two attached hydrogens (primary N) is 1. The second-order valence-electron chi connectivity index (χ2n) is 8.46. The molecule has 0 spiro atoms. The van der Waals surface area contributed by atoms with Gasteiger partial charge in [-0.3, -0.25) is 25.6 Å². The Labute approximate surface area is 216 Å². The van der Waals surface area contributed by atoms with Crippen molar-refractivity contribution in [2.45, 2.75) is 71.3 Å². The van der Waals surface area contributed by atoms with Crippen LogP contribution in [0.2, 0.25) is 0 Å². The first-order valence-electron chi connectivity index (χ1n) is 11.1. The zero-order valence-corrected chi connectivity index (χ0v) is 22.1. The summed E-state index contributed by atoms with van der Waals surface area (Å²) in [5.41, 5.74) is 12.2. The third-order valence-corrected chi connectivity index (χ3v) is 5.92. The number of hydrogen-bond donors (Lipinski definition) is 2. The van der Waals surface area contributed by atoms with Crippen molar-refractivity contribution in [2.24, 2.45) is 23.5 Å². The van der Waals surface area contributed by atoms with Crippen LogP contribution in [-0.2, 0) is 56.7 Å². The molecule has 1 saturated carbocycles. The summed E-state index contributed by atoms with van der Waals surface area (Å²) < 4.78 is 0. The molecule has 3 amide bonds. The smallest absolute Gasteiger partial charge is 0.232 e. The zero-order chi connectivity index (χ0) is 23.4. The van der Waals surface area contributed by atoms with Crippen LogP contribution in [0.4, 0.5) is 0 Å². The van der Waals surface area contributed by atoms with Crippen molar-refractivity contribution in [3.63, 3.8) is 0 Å². The number of unbranched alkanes of at least 4 members (excludes halogenated alkanes) is 1. The molecule has 1 aliphatic heterocycles. The van der Waals surface area contributed by atoms with Gasteiger partial charge in [0.15, 0.2) is 0 Å². The first-order chi connectivity index (χ1) is 14.7. The molecule has 0 aromatic carbocycles.